The average Bonchev–Trinajstić information content (AvgIpc) is 3.01. The minimum atomic E-state index is -0.889. The van der Waals surface area contributed by atoms with Crippen LogP contribution < -0.4 is 10.1 Å². The van der Waals surface area contributed by atoms with Crippen molar-refractivity contribution in [3.63, 3.8) is 0 Å². The highest BCUT2D eigenvalue weighted by Gasteiger charge is 2.33. The van der Waals surface area contributed by atoms with Crippen LogP contribution in [-0.4, -0.2) is 29.8 Å². The van der Waals surface area contributed by atoms with Crippen LogP contribution in [0.5, 0.6) is 5.75 Å². The van der Waals surface area contributed by atoms with Gasteiger partial charge in [-0.2, -0.15) is 0 Å². The first kappa shape index (κ1) is 13.1. The zero-order valence-electron chi connectivity index (χ0n) is 12.1. The smallest absolute Gasteiger partial charge is 0.249 e. The summed E-state index contributed by atoms with van der Waals surface area (Å²) in [6, 6.07) is 4.52. The number of hydrogen-bond donors (Lipinski definition) is 2. The number of carbonyl (C=O) groups excluding carboxylic acids is 1. The molecule has 1 saturated carbocycles. The van der Waals surface area contributed by atoms with E-state index in [0.717, 1.165) is 44.5 Å². The molecule has 2 N–H and O–H groups in total. The molecule has 2 unspecified atom stereocenters. The first-order chi connectivity index (χ1) is 10.2. The lowest BCUT2D eigenvalue weighted by Gasteiger charge is -2.18. The number of aliphatic hydroxyl groups is 1. The number of aliphatic hydroxyl groups excluding tert-OH is 1. The van der Waals surface area contributed by atoms with Gasteiger partial charge in [0.1, 0.15) is 11.9 Å². The highest BCUT2D eigenvalue weighted by molar-refractivity contribution is 5.81. The minimum absolute atomic E-state index is 0.199. The van der Waals surface area contributed by atoms with Gasteiger partial charge in [-0.1, -0.05) is 6.07 Å². The molecule has 1 amide bonds. The van der Waals surface area contributed by atoms with E-state index in [9.17, 15) is 9.90 Å². The molecule has 1 heterocycles. The predicted octanol–water partition coefficient (Wildman–Crippen LogP) is 1.68. The minimum Gasteiger partial charge on any atom is -0.493 e. The molecule has 1 aromatic rings. The van der Waals surface area contributed by atoms with E-state index in [4.69, 9.17) is 4.74 Å². The number of amides is 1. The molecule has 2 aliphatic carbocycles. The Kier molecular flexibility index (Phi) is 3.14. The van der Waals surface area contributed by atoms with Crippen molar-refractivity contribution in [1.29, 1.82) is 0 Å². The Morgan fingerprint density at radius 3 is 3.00 bits per heavy atom. The maximum Gasteiger partial charge on any atom is 0.249 e. The van der Waals surface area contributed by atoms with E-state index < -0.39 is 6.10 Å². The number of aryl methyl sites for hydroxylation is 1. The highest BCUT2D eigenvalue weighted by Crippen LogP contribution is 2.43. The lowest BCUT2D eigenvalue weighted by atomic mass is 9.90. The molecule has 1 fully saturated rings. The van der Waals surface area contributed by atoms with Crippen LogP contribution in [0, 0.1) is 0 Å². The molecule has 21 heavy (non-hydrogen) atoms. The summed E-state index contributed by atoms with van der Waals surface area (Å²) < 4.78 is 5.64. The number of rotatable bonds is 4. The van der Waals surface area contributed by atoms with E-state index in [1.54, 1.807) is 0 Å². The quantitative estimate of drug-likeness (QED) is 0.886. The second-order valence-corrected chi connectivity index (χ2v) is 6.48. The second kappa shape index (κ2) is 5.02. The number of nitrogens with one attached hydrogen (secondary N) is 1. The van der Waals surface area contributed by atoms with Crippen LogP contribution in [0.15, 0.2) is 12.1 Å². The van der Waals surface area contributed by atoms with Crippen molar-refractivity contribution in [2.75, 3.05) is 6.61 Å². The van der Waals surface area contributed by atoms with Crippen molar-refractivity contribution in [2.45, 2.75) is 56.6 Å². The Hall–Kier alpha value is -1.55. The summed E-state index contributed by atoms with van der Waals surface area (Å²) in [7, 11) is 0. The zero-order chi connectivity index (χ0) is 14.4. The van der Waals surface area contributed by atoms with Crippen LogP contribution >= 0.6 is 0 Å². The number of benzene rings is 1. The number of carbonyl (C=O) groups is 1. The van der Waals surface area contributed by atoms with Crippen LogP contribution in [-0.2, 0) is 17.6 Å². The monoisotopic (exact) mass is 287 g/mol. The lowest BCUT2D eigenvalue weighted by molar-refractivity contribution is -0.130. The van der Waals surface area contributed by atoms with Crippen LogP contribution in [0.2, 0.25) is 0 Å². The molecular weight excluding hydrogens is 266 g/mol. The summed E-state index contributed by atoms with van der Waals surface area (Å²) in [6.45, 7) is 0.753. The summed E-state index contributed by atoms with van der Waals surface area (Å²) >= 11 is 0. The van der Waals surface area contributed by atoms with Crippen molar-refractivity contribution < 1.29 is 14.6 Å². The number of ether oxygens (including phenoxy) is 1. The van der Waals surface area contributed by atoms with Crippen molar-refractivity contribution in [3.05, 3.63) is 28.8 Å². The van der Waals surface area contributed by atoms with Gasteiger partial charge in [0.15, 0.2) is 0 Å². The molecule has 1 aliphatic heterocycles. The summed E-state index contributed by atoms with van der Waals surface area (Å²) in [6.07, 6.45) is 4.77. The fourth-order valence-electron chi connectivity index (χ4n) is 3.69. The maximum absolute atomic E-state index is 11.9. The summed E-state index contributed by atoms with van der Waals surface area (Å²) in [5.74, 6) is 1.09. The maximum atomic E-state index is 11.9. The molecule has 0 spiro atoms. The van der Waals surface area contributed by atoms with E-state index in [1.807, 2.05) is 0 Å². The Balaban J connectivity index is 1.51. The van der Waals surface area contributed by atoms with E-state index >= 15 is 0 Å². The first-order valence-electron chi connectivity index (χ1n) is 7.98. The van der Waals surface area contributed by atoms with E-state index in [-0.39, 0.29) is 11.8 Å². The van der Waals surface area contributed by atoms with Gasteiger partial charge in [0, 0.05) is 18.0 Å². The van der Waals surface area contributed by atoms with Gasteiger partial charge >= 0.3 is 0 Å². The standard InChI is InChI=1S/C17H21NO3/c19-14(17(20)18-12-4-5-12)9-11-2-1-10-3-6-15-13(16(10)11)7-8-21-15/h3,6,11-12,14,19H,1-2,4-5,7-9H2,(H,18,20). The van der Waals surface area contributed by atoms with Gasteiger partial charge in [-0.15, -0.1) is 0 Å². The fraction of sp³-hybridized carbons (Fsp3) is 0.588. The van der Waals surface area contributed by atoms with Gasteiger partial charge in [0.25, 0.3) is 0 Å². The summed E-state index contributed by atoms with van der Waals surface area (Å²) in [5.41, 5.74) is 4.03. The molecule has 4 heteroatoms. The first-order valence-corrected chi connectivity index (χ1v) is 7.98. The lowest BCUT2D eigenvalue weighted by Crippen LogP contribution is -2.36. The van der Waals surface area contributed by atoms with Crippen LogP contribution in [0.1, 0.15) is 48.3 Å². The van der Waals surface area contributed by atoms with Gasteiger partial charge in [0.05, 0.1) is 6.61 Å². The molecule has 0 bridgehead atoms. The van der Waals surface area contributed by atoms with Crippen molar-refractivity contribution in [3.8, 4) is 5.75 Å². The van der Waals surface area contributed by atoms with Gasteiger partial charge in [-0.3, -0.25) is 4.79 Å². The zero-order valence-corrected chi connectivity index (χ0v) is 12.1. The SMILES string of the molecule is O=C(NC1CC1)C(O)CC1CCc2ccc3c(c21)CCO3. The second-order valence-electron chi connectivity index (χ2n) is 6.48. The third-order valence-electron chi connectivity index (χ3n) is 4.92. The van der Waals surface area contributed by atoms with Gasteiger partial charge < -0.3 is 15.2 Å². The Labute approximate surface area is 124 Å². The van der Waals surface area contributed by atoms with Gasteiger partial charge in [0.2, 0.25) is 5.91 Å². The molecule has 4 nitrogen and oxygen atoms in total. The largest absolute Gasteiger partial charge is 0.493 e. The molecule has 112 valence electrons. The molecular formula is C17H21NO3. The normalized spacial score (nSPS) is 24.1. The molecule has 3 aliphatic rings. The topological polar surface area (TPSA) is 58.6 Å². The van der Waals surface area contributed by atoms with Gasteiger partial charge in [-0.25, -0.2) is 0 Å². The van der Waals surface area contributed by atoms with Crippen LogP contribution in [0.3, 0.4) is 0 Å². The molecule has 0 aromatic heterocycles. The predicted molar refractivity (Wildman–Crippen MR) is 78.5 cm³/mol. The van der Waals surface area contributed by atoms with Crippen LogP contribution in [0.25, 0.3) is 0 Å². The van der Waals surface area contributed by atoms with Crippen molar-refractivity contribution in [1.82, 2.24) is 5.32 Å². The average molecular weight is 287 g/mol. The number of fused-ring (bicyclic) bond motifs is 3. The summed E-state index contributed by atoms with van der Waals surface area (Å²) in [4.78, 5) is 11.9. The molecule has 0 radical (unpaired) electrons. The molecule has 0 saturated heterocycles. The van der Waals surface area contributed by atoms with Crippen molar-refractivity contribution >= 4 is 5.91 Å². The Morgan fingerprint density at radius 2 is 2.19 bits per heavy atom. The summed E-state index contributed by atoms with van der Waals surface area (Å²) in [5, 5.41) is 13.1. The highest BCUT2D eigenvalue weighted by atomic mass is 16.5. The van der Waals surface area contributed by atoms with Crippen LogP contribution in [0.4, 0.5) is 0 Å². The third-order valence-corrected chi connectivity index (χ3v) is 4.92. The molecule has 1 aromatic carbocycles. The fourth-order valence-corrected chi connectivity index (χ4v) is 3.69. The van der Waals surface area contributed by atoms with E-state index in [1.165, 1.54) is 16.7 Å². The Morgan fingerprint density at radius 1 is 1.33 bits per heavy atom. The molecule has 2 atom stereocenters. The van der Waals surface area contributed by atoms with Gasteiger partial charge in [-0.05, 0) is 55.2 Å². The van der Waals surface area contributed by atoms with E-state index in [2.05, 4.69) is 17.4 Å². The number of hydrogen-bond acceptors (Lipinski definition) is 3. The third kappa shape index (κ3) is 2.42. The van der Waals surface area contributed by atoms with Crippen molar-refractivity contribution in [2.24, 2.45) is 0 Å². The molecule has 4 rings (SSSR count). The Bertz CT molecular complexity index is 580. The van der Waals surface area contributed by atoms with E-state index in [0.29, 0.717) is 12.5 Å².